The molecule has 7 heteroatoms. The molecule has 1 heterocycles. The lowest BCUT2D eigenvalue weighted by Gasteiger charge is -2.23. The van der Waals surface area contributed by atoms with E-state index in [4.69, 9.17) is 9.26 Å². The minimum atomic E-state index is -0.145. The summed E-state index contributed by atoms with van der Waals surface area (Å²) in [6.07, 6.45) is 0.818. The summed E-state index contributed by atoms with van der Waals surface area (Å²) in [7, 11) is 1.62. The van der Waals surface area contributed by atoms with Crippen molar-refractivity contribution in [3.05, 3.63) is 11.7 Å². The number of amides is 2. The molecule has 0 saturated carbocycles. The molecule has 0 fully saturated rings. The second-order valence-electron chi connectivity index (χ2n) is 4.25. The summed E-state index contributed by atoms with van der Waals surface area (Å²) in [6.45, 7) is 7.04. The second kappa shape index (κ2) is 7.73. The summed E-state index contributed by atoms with van der Waals surface area (Å²) in [5, 5.41) is 6.71. The van der Waals surface area contributed by atoms with E-state index in [1.807, 2.05) is 13.8 Å². The summed E-state index contributed by atoms with van der Waals surface area (Å²) in [5.74, 6) is 1.01. The third kappa shape index (κ3) is 4.86. The number of nitrogens with one attached hydrogen (secondary N) is 1. The second-order valence-corrected chi connectivity index (χ2v) is 4.25. The van der Waals surface area contributed by atoms with Gasteiger partial charge in [0.15, 0.2) is 5.82 Å². The first kappa shape index (κ1) is 15.4. The van der Waals surface area contributed by atoms with E-state index in [1.54, 1.807) is 18.9 Å². The smallest absolute Gasteiger partial charge is 0.318 e. The van der Waals surface area contributed by atoms with Gasteiger partial charge in [-0.3, -0.25) is 0 Å². The van der Waals surface area contributed by atoms with Gasteiger partial charge >= 0.3 is 6.03 Å². The van der Waals surface area contributed by atoms with Crippen molar-refractivity contribution in [3.63, 3.8) is 0 Å². The number of rotatable bonds is 7. The molecule has 0 aromatic carbocycles. The van der Waals surface area contributed by atoms with E-state index in [0.29, 0.717) is 31.4 Å². The molecule has 108 valence electrons. The molecule has 1 N–H and O–H groups in total. The zero-order valence-corrected chi connectivity index (χ0v) is 12.0. The van der Waals surface area contributed by atoms with Crippen molar-refractivity contribution in [2.24, 2.45) is 0 Å². The first-order chi connectivity index (χ1) is 9.10. The van der Waals surface area contributed by atoms with E-state index in [1.165, 1.54) is 0 Å². The Kier molecular flexibility index (Phi) is 6.27. The average Bonchev–Trinajstić information content (AvgIpc) is 2.80. The number of carbonyl (C=O) groups is 1. The Bertz CT molecular complexity index is 394. The third-order valence-electron chi connectivity index (χ3n) is 2.76. The SMILES string of the molecule is CC[C@H](COC)NC(=O)N(CC)Cc1noc(C)n1. The molecule has 0 saturated heterocycles. The van der Waals surface area contributed by atoms with Gasteiger partial charge in [-0.15, -0.1) is 0 Å². The van der Waals surface area contributed by atoms with Gasteiger partial charge in [0.05, 0.1) is 19.2 Å². The van der Waals surface area contributed by atoms with Crippen LogP contribution in [0.3, 0.4) is 0 Å². The number of methoxy groups -OCH3 is 1. The van der Waals surface area contributed by atoms with Gasteiger partial charge in [0.1, 0.15) is 0 Å². The van der Waals surface area contributed by atoms with Crippen molar-refractivity contribution < 1.29 is 14.1 Å². The molecule has 0 aliphatic heterocycles. The van der Waals surface area contributed by atoms with E-state index < -0.39 is 0 Å². The summed E-state index contributed by atoms with van der Waals surface area (Å²) in [5.41, 5.74) is 0. The van der Waals surface area contributed by atoms with Crippen molar-refractivity contribution in [3.8, 4) is 0 Å². The Balaban J connectivity index is 2.56. The van der Waals surface area contributed by atoms with Crippen LogP contribution in [0.2, 0.25) is 0 Å². The predicted molar refractivity (Wildman–Crippen MR) is 69.6 cm³/mol. The maximum absolute atomic E-state index is 12.1. The number of nitrogens with zero attached hydrogens (tertiary/aromatic N) is 3. The normalized spacial score (nSPS) is 12.2. The van der Waals surface area contributed by atoms with Gasteiger partial charge in [0, 0.05) is 20.6 Å². The zero-order chi connectivity index (χ0) is 14.3. The van der Waals surface area contributed by atoms with Crippen molar-refractivity contribution in [1.29, 1.82) is 0 Å². The van der Waals surface area contributed by atoms with E-state index in [0.717, 1.165) is 6.42 Å². The Hall–Kier alpha value is -1.63. The number of hydrogen-bond acceptors (Lipinski definition) is 5. The molecular weight excluding hydrogens is 248 g/mol. The molecule has 1 aromatic heterocycles. The molecule has 0 bridgehead atoms. The van der Waals surface area contributed by atoms with Crippen LogP contribution in [-0.4, -0.2) is 47.4 Å². The fourth-order valence-electron chi connectivity index (χ4n) is 1.63. The highest BCUT2D eigenvalue weighted by molar-refractivity contribution is 5.74. The molecule has 0 unspecified atom stereocenters. The monoisotopic (exact) mass is 270 g/mol. The molecule has 19 heavy (non-hydrogen) atoms. The fraction of sp³-hybridized carbons (Fsp3) is 0.750. The fourth-order valence-corrected chi connectivity index (χ4v) is 1.63. The molecule has 2 amide bonds. The van der Waals surface area contributed by atoms with Crippen LogP contribution in [0.5, 0.6) is 0 Å². The lowest BCUT2D eigenvalue weighted by Crippen LogP contribution is -2.46. The highest BCUT2D eigenvalue weighted by atomic mass is 16.5. The van der Waals surface area contributed by atoms with Crippen molar-refractivity contribution in [2.75, 3.05) is 20.3 Å². The van der Waals surface area contributed by atoms with Crippen molar-refractivity contribution in [2.45, 2.75) is 39.8 Å². The topological polar surface area (TPSA) is 80.5 Å². The largest absolute Gasteiger partial charge is 0.383 e. The number of hydrogen-bond donors (Lipinski definition) is 1. The van der Waals surface area contributed by atoms with Crippen LogP contribution in [-0.2, 0) is 11.3 Å². The first-order valence-corrected chi connectivity index (χ1v) is 6.44. The van der Waals surface area contributed by atoms with Crippen LogP contribution < -0.4 is 5.32 Å². The molecule has 0 aliphatic carbocycles. The lowest BCUT2D eigenvalue weighted by molar-refractivity contribution is 0.152. The summed E-state index contributed by atoms with van der Waals surface area (Å²) in [4.78, 5) is 17.8. The molecule has 0 aliphatic rings. The van der Waals surface area contributed by atoms with Crippen LogP contribution >= 0.6 is 0 Å². The first-order valence-electron chi connectivity index (χ1n) is 6.44. The Morgan fingerprint density at radius 2 is 2.26 bits per heavy atom. The minimum absolute atomic E-state index is 0.0126. The Morgan fingerprint density at radius 1 is 1.53 bits per heavy atom. The predicted octanol–water partition coefficient (Wildman–Crippen LogP) is 1.33. The maximum atomic E-state index is 12.1. The number of ether oxygens (including phenoxy) is 1. The molecule has 0 spiro atoms. The summed E-state index contributed by atoms with van der Waals surface area (Å²) < 4.78 is 9.95. The number of aromatic nitrogens is 2. The standard InChI is InChI=1S/C12H22N4O3/c1-5-10(8-18-4)14-12(17)16(6-2)7-11-13-9(3)19-15-11/h10H,5-8H2,1-4H3,(H,14,17)/t10-/m1/s1. The van der Waals surface area contributed by atoms with Crippen LogP contribution in [0.15, 0.2) is 4.52 Å². The van der Waals surface area contributed by atoms with Gasteiger partial charge in [-0.2, -0.15) is 4.98 Å². The Morgan fingerprint density at radius 3 is 2.74 bits per heavy atom. The highest BCUT2D eigenvalue weighted by Gasteiger charge is 2.17. The molecule has 7 nitrogen and oxygen atoms in total. The Labute approximate surface area is 113 Å². The molecular formula is C12H22N4O3. The van der Waals surface area contributed by atoms with E-state index in [9.17, 15) is 4.79 Å². The van der Waals surface area contributed by atoms with Gasteiger partial charge in [-0.05, 0) is 13.3 Å². The number of carbonyl (C=O) groups excluding carboxylic acids is 1. The summed E-state index contributed by atoms with van der Waals surface area (Å²) in [6, 6.07) is -0.132. The van der Waals surface area contributed by atoms with Crippen LogP contribution in [0, 0.1) is 6.92 Å². The zero-order valence-electron chi connectivity index (χ0n) is 12.0. The maximum Gasteiger partial charge on any atom is 0.318 e. The van der Waals surface area contributed by atoms with Gasteiger partial charge in [-0.1, -0.05) is 12.1 Å². The van der Waals surface area contributed by atoms with Crippen molar-refractivity contribution in [1.82, 2.24) is 20.4 Å². The van der Waals surface area contributed by atoms with Crippen LogP contribution in [0.1, 0.15) is 32.0 Å². The van der Waals surface area contributed by atoms with Crippen LogP contribution in [0.25, 0.3) is 0 Å². The average molecular weight is 270 g/mol. The van der Waals surface area contributed by atoms with Gasteiger partial charge in [0.2, 0.25) is 5.89 Å². The van der Waals surface area contributed by atoms with Gasteiger partial charge in [-0.25, -0.2) is 4.79 Å². The molecule has 1 aromatic rings. The van der Waals surface area contributed by atoms with Gasteiger partial charge in [0.25, 0.3) is 0 Å². The van der Waals surface area contributed by atoms with Crippen molar-refractivity contribution >= 4 is 6.03 Å². The third-order valence-corrected chi connectivity index (χ3v) is 2.76. The molecule has 1 atom stereocenters. The minimum Gasteiger partial charge on any atom is -0.383 e. The lowest BCUT2D eigenvalue weighted by atomic mass is 10.2. The van der Waals surface area contributed by atoms with E-state index in [-0.39, 0.29) is 12.1 Å². The van der Waals surface area contributed by atoms with Crippen LogP contribution in [0.4, 0.5) is 4.79 Å². The molecule has 1 rings (SSSR count). The number of urea groups is 1. The molecule has 0 radical (unpaired) electrons. The quantitative estimate of drug-likeness (QED) is 0.808. The highest BCUT2D eigenvalue weighted by Crippen LogP contribution is 2.02. The van der Waals surface area contributed by atoms with E-state index >= 15 is 0 Å². The van der Waals surface area contributed by atoms with Gasteiger partial charge < -0.3 is 19.5 Å². The number of aryl methyl sites for hydroxylation is 1. The van der Waals surface area contributed by atoms with E-state index in [2.05, 4.69) is 15.5 Å². The summed E-state index contributed by atoms with van der Waals surface area (Å²) >= 11 is 0.